The molecule has 3 N–H and O–H groups in total. The standard InChI is InChI=1S/C12H15NO5/c1-18-10(8-5-3-2-4-6-8)11(15)13-9(7-14)12(16)17/h2-6,9-10,14H,7H2,1H3,(H,13,15)(H,16,17)/t9-,10?/m0/s1. The molecule has 0 saturated heterocycles. The van der Waals surface area contributed by atoms with Gasteiger partial charge in [-0.1, -0.05) is 30.3 Å². The van der Waals surface area contributed by atoms with Crippen LogP contribution in [0, 0.1) is 0 Å². The highest BCUT2D eigenvalue weighted by molar-refractivity contribution is 5.87. The van der Waals surface area contributed by atoms with Gasteiger partial charge in [-0.3, -0.25) is 4.79 Å². The number of carboxylic acid groups (broad SMARTS) is 1. The highest BCUT2D eigenvalue weighted by Crippen LogP contribution is 2.16. The number of hydrogen-bond acceptors (Lipinski definition) is 4. The first-order valence-electron chi connectivity index (χ1n) is 5.32. The highest BCUT2D eigenvalue weighted by atomic mass is 16.5. The normalized spacial score (nSPS) is 13.7. The summed E-state index contributed by atoms with van der Waals surface area (Å²) in [5.41, 5.74) is 0.611. The predicted octanol–water partition coefficient (Wildman–Crippen LogP) is -0.0642. The maximum atomic E-state index is 11.8. The van der Waals surface area contributed by atoms with E-state index in [2.05, 4.69) is 5.32 Å². The Morgan fingerprint density at radius 3 is 2.39 bits per heavy atom. The quantitative estimate of drug-likeness (QED) is 0.660. The Balaban J connectivity index is 2.78. The van der Waals surface area contributed by atoms with E-state index in [-0.39, 0.29) is 0 Å². The van der Waals surface area contributed by atoms with Crippen molar-refractivity contribution < 1.29 is 24.5 Å². The molecule has 0 spiro atoms. The van der Waals surface area contributed by atoms with Crippen molar-refractivity contribution in [1.29, 1.82) is 0 Å². The fourth-order valence-electron chi connectivity index (χ4n) is 1.46. The minimum absolute atomic E-state index is 0.606. The average molecular weight is 253 g/mol. The maximum Gasteiger partial charge on any atom is 0.328 e. The predicted molar refractivity (Wildman–Crippen MR) is 62.8 cm³/mol. The molecular weight excluding hydrogens is 238 g/mol. The van der Waals surface area contributed by atoms with E-state index in [1.54, 1.807) is 30.3 Å². The zero-order chi connectivity index (χ0) is 13.5. The van der Waals surface area contributed by atoms with Gasteiger partial charge < -0.3 is 20.3 Å². The van der Waals surface area contributed by atoms with Gasteiger partial charge in [-0.15, -0.1) is 0 Å². The van der Waals surface area contributed by atoms with Crippen LogP contribution in [0.15, 0.2) is 30.3 Å². The van der Waals surface area contributed by atoms with Crippen LogP contribution in [-0.2, 0) is 14.3 Å². The number of benzene rings is 1. The Hall–Kier alpha value is -1.92. The number of amides is 1. The third kappa shape index (κ3) is 3.54. The van der Waals surface area contributed by atoms with E-state index in [1.807, 2.05) is 0 Å². The smallest absolute Gasteiger partial charge is 0.328 e. The lowest BCUT2D eigenvalue weighted by Gasteiger charge is -2.18. The molecule has 0 saturated carbocycles. The summed E-state index contributed by atoms with van der Waals surface area (Å²) in [4.78, 5) is 22.5. The van der Waals surface area contributed by atoms with Gasteiger partial charge in [0, 0.05) is 7.11 Å². The molecule has 1 aromatic carbocycles. The molecule has 0 aliphatic rings. The Labute approximate surface area is 104 Å². The molecule has 18 heavy (non-hydrogen) atoms. The molecule has 6 nitrogen and oxygen atoms in total. The third-order valence-electron chi connectivity index (χ3n) is 2.37. The van der Waals surface area contributed by atoms with E-state index in [1.165, 1.54) is 7.11 Å². The van der Waals surface area contributed by atoms with E-state index in [0.29, 0.717) is 5.56 Å². The molecule has 0 aliphatic carbocycles. The van der Waals surface area contributed by atoms with E-state index < -0.39 is 30.6 Å². The number of nitrogens with one attached hydrogen (secondary N) is 1. The lowest BCUT2D eigenvalue weighted by Crippen LogP contribution is -2.45. The van der Waals surface area contributed by atoms with Crippen LogP contribution in [-0.4, -0.2) is 41.8 Å². The van der Waals surface area contributed by atoms with Gasteiger partial charge in [-0.05, 0) is 5.56 Å². The largest absolute Gasteiger partial charge is 0.480 e. The molecule has 6 heteroatoms. The molecule has 0 bridgehead atoms. The number of aliphatic hydroxyl groups excluding tert-OH is 1. The molecule has 98 valence electrons. The van der Waals surface area contributed by atoms with Gasteiger partial charge in [-0.25, -0.2) is 4.79 Å². The van der Waals surface area contributed by atoms with Crippen molar-refractivity contribution in [3.8, 4) is 0 Å². The van der Waals surface area contributed by atoms with Gasteiger partial charge in [0.25, 0.3) is 5.91 Å². The molecule has 1 unspecified atom stereocenters. The number of hydrogen-bond donors (Lipinski definition) is 3. The van der Waals surface area contributed by atoms with Crippen LogP contribution in [0.5, 0.6) is 0 Å². The maximum absolute atomic E-state index is 11.8. The first-order valence-corrected chi connectivity index (χ1v) is 5.32. The number of ether oxygens (including phenoxy) is 1. The Kier molecular flexibility index (Phi) is 5.29. The summed E-state index contributed by atoms with van der Waals surface area (Å²) < 4.78 is 5.04. The average Bonchev–Trinajstić information content (AvgIpc) is 2.37. The van der Waals surface area contributed by atoms with Gasteiger partial charge in [-0.2, -0.15) is 0 Å². The topological polar surface area (TPSA) is 95.9 Å². The number of carbonyl (C=O) groups is 2. The number of aliphatic carboxylic acids is 1. The molecule has 0 heterocycles. The second kappa shape index (κ2) is 6.73. The second-order valence-electron chi connectivity index (χ2n) is 3.61. The zero-order valence-corrected chi connectivity index (χ0v) is 9.87. The molecule has 0 fully saturated rings. The molecule has 1 aromatic rings. The molecule has 0 aromatic heterocycles. The van der Waals surface area contributed by atoms with E-state index in [0.717, 1.165) is 0 Å². The lowest BCUT2D eigenvalue weighted by atomic mass is 10.1. The summed E-state index contributed by atoms with van der Waals surface area (Å²) in [6, 6.07) is 7.34. The number of methoxy groups -OCH3 is 1. The number of rotatable bonds is 6. The summed E-state index contributed by atoms with van der Waals surface area (Å²) in [6.45, 7) is -0.674. The lowest BCUT2D eigenvalue weighted by molar-refractivity contribution is -0.145. The summed E-state index contributed by atoms with van der Waals surface area (Å²) in [5, 5.41) is 19.8. The van der Waals surface area contributed by atoms with Crippen LogP contribution in [0.4, 0.5) is 0 Å². The number of carboxylic acids is 1. The van der Waals surface area contributed by atoms with Crippen molar-refractivity contribution in [2.75, 3.05) is 13.7 Å². The summed E-state index contributed by atoms with van der Waals surface area (Å²) in [7, 11) is 1.35. The second-order valence-corrected chi connectivity index (χ2v) is 3.61. The van der Waals surface area contributed by atoms with Gasteiger partial charge in [0.2, 0.25) is 0 Å². The van der Waals surface area contributed by atoms with Crippen LogP contribution in [0.1, 0.15) is 11.7 Å². The van der Waals surface area contributed by atoms with Crippen molar-refractivity contribution in [3.63, 3.8) is 0 Å². The SMILES string of the molecule is COC(C(=O)N[C@@H](CO)C(=O)O)c1ccccc1. The molecular formula is C12H15NO5. The highest BCUT2D eigenvalue weighted by Gasteiger charge is 2.25. The van der Waals surface area contributed by atoms with Gasteiger partial charge in [0.15, 0.2) is 6.10 Å². The Bertz CT molecular complexity index is 406. The van der Waals surface area contributed by atoms with E-state index in [9.17, 15) is 9.59 Å². The van der Waals surface area contributed by atoms with Crippen molar-refractivity contribution in [2.45, 2.75) is 12.1 Å². The first kappa shape index (κ1) is 14.1. The van der Waals surface area contributed by atoms with Crippen molar-refractivity contribution >= 4 is 11.9 Å². The zero-order valence-electron chi connectivity index (χ0n) is 9.87. The first-order chi connectivity index (χ1) is 8.60. The molecule has 1 amide bonds. The van der Waals surface area contributed by atoms with E-state index >= 15 is 0 Å². The Morgan fingerprint density at radius 2 is 1.94 bits per heavy atom. The summed E-state index contributed by atoms with van der Waals surface area (Å²) in [5.74, 6) is -1.90. The molecule has 0 radical (unpaired) electrons. The van der Waals surface area contributed by atoms with Crippen molar-refractivity contribution in [3.05, 3.63) is 35.9 Å². The van der Waals surface area contributed by atoms with Crippen LogP contribution in [0.2, 0.25) is 0 Å². The number of aliphatic hydroxyl groups is 1. The van der Waals surface area contributed by atoms with Gasteiger partial charge in [0.05, 0.1) is 6.61 Å². The molecule has 2 atom stereocenters. The van der Waals surface area contributed by atoms with Crippen LogP contribution >= 0.6 is 0 Å². The van der Waals surface area contributed by atoms with Crippen LogP contribution in [0.3, 0.4) is 0 Å². The number of carbonyl (C=O) groups excluding carboxylic acids is 1. The molecule has 1 rings (SSSR count). The fraction of sp³-hybridized carbons (Fsp3) is 0.333. The van der Waals surface area contributed by atoms with Crippen molar-refractivity contribution in [1.82, 2.24) is 5.32 Å². The Morgan fingerprint density at radius 1 is 1.33 bits per heavy atom. The molecule has 0 aliphatic heterocycles. The van der Waals surface area contributed by atoms with Gasteiger partial charge >= 0.3 is 5.97 Å². The van der Waals surface area contributed by atoms with Crippen LogP contribution in [0.25, 0.3) is 0 Å². The van der Waals surface area contributed by atoms with Crippen molar-refractivity contribution in [2.24, 2.45) is 0 Å². The van der Waals surface area contributed by atoms with Gasteiger partial charge in [0.1, 0.15) is 6.04 Å². The summed E-state index contributed by atoms with van der Waals surface area (Å²) in [6.07, 6.45) is -0.903. The third-order valence-corrected chi connectivity index (χ3v) is 2.37. The summed E-state index contributed by atoms with van der Waals surface area (Å²) >= 11 is 0. The van der Waals surface area contributed by atoms with E-state index in [4.69, 9.17) is 14.9 Å². The fourth-order valence-corrected chi connectivity index (χ4v) is 1.46. The minimum atomic E-state index is -1.33. The van der Waals surface area contributed by atoms with Crippen LogP contribution < -0.4 is 5.32 Å². The monoisotopic (exact) mass is 253 g/mol. The minimum Gasteiger partial charge on any atom is -0.480 e.